The van der Waals surface area contributed by atoms with Gasteiger partial charge in [0.05, 0.1) is 31.4 Å². The Morgan fingerprint density at radius 1 is 0.444 bits per heavy atom. The highest BCUT2D eigenvalue weighted by Crippen LogP contribution is 2.83. The minimum absolute atomic E-state index is 0.0341. The van der Waals surface area contributed by atoms with Gasteiger partial charge in [-0.1, -0.05) is 66.2 Å². The molecular weight excluding hydrogens is 1850 g/mol. The number of methoxy groups -OCH3 is 2. The highest BCUT2D eigenvalue weighted by molar-refractivity contribution is 7.75. The van der Waals surface area contributed by atoms with Crippen molar-refractivity contribution in [3.05, 3.63) is 238 Å². The third-order valence-corrected chi connectivity index (χ3v) is 36.4. The first-order valence-corrected chi connectivity index (χ1v) is 47.9. The number of ether oxygens (including phenoxy) is 7. The molecule has 4 aromatic carbocycles. The Hall–Kier alpha value is -8.58. The van der Waals surface area contributed by atoms with E-state index >= 15 is 0 Å². The van der Waals surface area contributed by atoms with Gasteiger partial charge in [0.1, 0.15) is 28.9 Å². The van der Waals surface area contributed by atoms with Gasteiger partial charge in [-0.2, -0.15) is 0 Å². The van der Waals surface area contributed by atoms with Crippen molar-refractivity contribution in [2.75, 3.05) is 27.4 Å². The van der Waals surface area contributed by atoms with Crippen molar-refractivity contribution in [3.63, 3.8) is 0 Å². The predicted octanol–water partition coefficient (Wildman–Crippen LogP) is 11.4. The van der Waals surface area contributed by atoms with Gasteiger partial charge in [-0.25, -0.2) is 32.9 Å². The van der Waals surface area contributed by atoms with Crippen LogP contribution in [0.4, 0.5) is 28.0 Å². The molecule has 45 nitrogen and oxygen atoms in total. The summed E-state index contributed by atoms with van der Waals surface area (Å²) in [6.45, 7) is 1.93. The molecule has 8 atom stereocenters. The molecule has 0 aliphatic carbocycles. The number of imide groups is 1. The van der Waals surface area contributed by atoms with E-state index in [0.29, 0.717) is 18.6 Å². The molecule has 0 radical (unpaired) electrons. The normalized spacial score (nSPS) is 31.2. The molecule has 668 valence electrons. The summed E-state index contributed by atoms with van der Waals surface area (Å²) >= 11 is 6.04. The highest BCUT2D eigenvalue weighted by atomic mass is 35.5. The average Bonchev–Trinajstić information content (AvgIpc) is 0.816. The number of pyridine rings is 4. The molecule has 5 saturated heterocycles. The van der Waals surface area contributed by atoms with Crippen LogP contribution in [0, 0.1) is 11.6 Å². The molecule has 5 aliphatic rings. The molecule has 56 heteroatoms. The Kier molecular flexibility index (Phi) is 30.7. The Balaban J connectivity index is 0.000000173. The number of hydrogen-bond acceptors (Lipinski definition) is 36. The van der Waals surface area contributed by atoms with Crippen LogP contribution in [0.1, 0.15) is 89.4 Å². The quantitative estimate of drug-likeness (QED) is 0.0174. The van der Waals surface area contributed by atoms with E-state index in [1.807, 2.05) is 0 Å². The molecule has 0 bridgehead atoms. The maximum atomic E-state index is 14.4. The van der Waals surface area contributed by atoms with Crippen molar-refractivity contribution in [2.45, 2.75) is 90.9 Å². The van der Waals surface area contributed by atoms with Crippen LogP contribution in [0.3, 0.4) is 0 Å². The summed E-state index contributed by atoms with van der Waals surface area (Å²) in [5, 5.41) is 29.9. The number of aliphatic hydroxyl groups is 4. The summed E-state index contributed by atoms with van der Waals surface area (Å²) in [5.41, 5.74) is -0.320. The molecule has 5 aliphatic heterocycles. The van der Waals surface area contributed by atoms with E-state index in [2.05, 4.69) is 47.9 Å². The lowest BCUT2D eigenvalue weighted by molar-refractivity contribution is -0.125. The number of carbonyl (C=O) groups is 5. The third-order valence-electron chi connectivity index (χ3n) is 17.7. The maximum absolute atomic E-state index is 14.4. The van der Waals surface area contributed by atoms with Crippen molar-refractivity contribution in [1.29, 1.82) is 0 Å². The standard InChI is InChI=1S/C19H20N2O10P2.C17H18ClNO10P2.C16H15F2NO10P2.C16H17NO10P2/c22-16-4-2-10-21(16)18(23)29-15-7-5-14(6-8-15)17-30-32(25,26)19(24,33(27,28)31-17)11-13-3-1-9-20-12-13;1-2-26-16(20)27-14-6-5-12(8-13(14)18)15-28-30(22,23)17(21,31(24,25)29-15)9-11-4-3-7-19-10-11;1-26-15(20)27-10-5-11(17)13(12(18)6-10)14-28-30(22,23)16(21,31(24,25)29-14)7-9-3-2-4-19-8-9;1-24-15(18)25-13-6-4-12(5-7-13)14-26-28(20,21)16(19,29(22,23)27-14)9-11-3-2-8-17-10-11/h1,3,5-9,12,17,24H,2,4,10-11H2,(H,25,26)(H,27,28);3-8,10,15,21H,2,9H2,1H3,(H,22,23)(H,24,25);2-6,8,14,21H,7H2,1H3,(H,22,23)(H,24,25);2-8,10,14,19H,9H2,1H3,(H,20,21)(H,22,23). The first-order chi connectivity index (χ1) is 58.0. The second kappa shape index (κ2) is 38.9. The van der Waals surface area contributed by atoms with Gasteiger partial charge in [-0.15, -0.1) is 0 Å². The Morgan fingerprint density at radius 2 is 0.758 bits per heavy atom. The number of benzene rings is 4. The fourth-order valence-corrected chi connectivity index (χ4v) is 25.8. The van der Waals surface area contributed by atoms with E-state index < -0.39 is 179 Å². The van der Waals surface area contributed by atoms with Crippen molar-refractivity contribution >= 4 is 103 Å². The van der Waals surface area contributed by atoms with Gasteiger partial charge in [0.2, 0.25) is 31.1 Å². The molecule has 9 heterocycles. The van der Waals surface area contributed by atoms with Gasteiger partial charge in [-0.05, 0) is 96.3 Å². The molecule has 2 amide bonds. The van der Waals surface area contributed by atoms with E-state index in [9.17, 15) is 129 Å². The minimum Gasteiger partial charge on any atom is -0.437 e. The Morgan fingerprint density at radius 3 is 1.06 bits per heavy atom. The molecule has 12 N–H and O–H groups in total. The first kappa shape index (κ1) is 97.6. The second-order valence-corrected chi connectivity index (χ2v) is 43.9. The van der Waals surface area contributed by atoms with Crippen molar-refractivity contribution < 1.29 is 198 Å². The number of likely N-dealkylation sites (tertiary alicyclic amines) is 1. The van der Waals surface area contributed by atoms with Crippen LogP contribution < -0.4 is 18.9 Å². The van der Waals surface area contributed by atoms with Gasteiger partial charge in [0.15, 0.2) is 5.75 Å². The molecule has 0 spiro atoms. The Bertz CT molecular complexity index is 5550. The predicted molar refractivity (Wildman–Crippen MR) is 411 cm³/mol. The largest absolute Gasteiger partial charge is 0.513 e. The number of nitrogens with zero attached hydrogens (tertiary/aromatic N) is 5. The lowest BCUT2D eigenvalue weighted by Crippen LogP contribution is -2.38. The molecular formula is C68H70ClF2N5O40P8. The average molecular weight is 1920 g/mol. The fourth-order valence-electron chi connectivity index (χ4n) is 11.3. The van der Waals surface area contributed by atoms with E-state index in [0.717, 1.165) is 31.4 Å². The van der Waals surface area contributed by atoms with Gasteiger partial charge in [0, 0.05) is 117 Å². The van der Waals surface area contributed by atoms with Crippen molar-refractivity contribution in [1.82, 2.24) is 24.8 Å². The molecule has 8 unspecified atom stereocenters. The smallest absolute Gasteiger partial charge is 0.437 e. The zero-order valence-corrected chi connectivity index (χ0v) is 71.4. The number of halogens is 3. The zero-order chi connectivity index (χ0) is 91.0. The van der Waals surface area contributed by atoms with Crippen molar-refractivity contribution in [3.8, 4) is 23.0 Å². The van der Waals surface area contributed by atoms with Crippen LogP contribution in [0.15, 0.2) is 177 Å². The van der Waals surface area contributed by atoms with Gasteiger partial charge in [-0.3, -0.25) is 97.4 Å². The summed E-state index contributed by atoms with van der Waals surface area (Å²) in [4.78, 5) is 156. The SMILES string of the molecule is CCOC(=O)Oc1ccc(C2OP(=O)(O)C(O)(Cc3cccnc3)P(=O)(O)O2)cc1Cl.COC(=O)Oc1cc(F)c(C2OP(=O)(O)C(O)(Cc3cccnc3)P(=O)(O)O2)c(F)c1.COC(=O)Oc1ccc(C2OP(=O)(O)C(O)(Cc3cccnc3)P(=O)(O)O2)cc1.O=C1CCCN1C(=O)Oc1ccc(C2OP(=O)(O)C(O)(Cc3cccnc3)P(=O)(O)O2)cc1. The van der Waals surface area contributed by atoms with Crippen molar-refractivity contribution in [2.24, 2.45) is 0 Å². The van der Waals surface area contributed by atoms with Crippen LogP contribution in [-0.2, 0) is 117 Å². The molecule has 124 heavy (non-hydrogen) atoms. The zero-order valence-electron chi connectivity index (χ0n) is 63.5. The summed E-state index contributed by atoms with van der Waals surface area (Å²) in [7, 11) is -39.4. The maximum Gasteiger partial charge on any atom is 0.513 e. The third kappa shape index (κ3) is 21.6. The van der Waals surface area contributed by atoms with Gasteiger partial charge >= 0.3 is 85.3 Å². The molecule has 13 rings (SSSR count). The lowest BCUT2D eigenvalue weighted by Gasteiger charge is -2.41. The minimum atomic E-state index is -5.45. The van der Waals surface area contributed by atoms with Crippen LogP contribution in [-0.4, -0.2) is 163 Å². The van der Waals surface area contributed by atoms with Crippen LogP contribution in [0.2, 0.25) is 5.02 Å². The summed E-state index contributed by atoms with van der Waals surface area (Å²) in [6, 6.07) is 26.4. The van der Waals surface area contributed by atoms with Crippen LogP contribution in [0.5, 0.6) is 23.0 Å². The lowest BCUT2D eigenvalue weighted by atomic mass is 10.2. The topological polar surface area (TPSA) is 658 Å². The number of aromatic nitrogens is 4. The highest BCUT2D eigenvalue weighted by Gasteiger charge is 2.71. The van der Waals surface area contributed by atoms with E-state index in [1.54, 1.807) is 6.92 Å². The Labute approximate surface area is 702 Å². The molecule has 0 saturated carbocycles. The molecule has 4 aromatic heterocycles. The summed E-state index contributed by atoms with van der Waals surface area (Å²) in [6.07, 6.45) is -3.44. The second-order valence-electron chi connectivity index (χ2n) is 26.1. The van der Waals surface area contributed by atoms with Gasteiger partial charge in [0.25, 0.3) is 20.3 Å². The van der Waals surface area contributed by atoms with Crippen LogP contribution in [0.25, 0.3) is 0 Å². The molecule has 8 aromatic rings. The number of rotatable bonds is 17. The molecule has 5 fully saturated rings. The first-order valence-electron chi connectivity index (χ1n) is 34.9. The van der Waals surface area contributed by atoms with Gasteiger partial charge < -0.3 is 92.7 Å². The number of amides is 2. The number of carbonyl (C=O) groups excluding carboxylic acids is 5. The van der Waals surface area contributed by atoms with Crippen LogP contribution >= 0.6 is 72.4 Å². The van der Waals surface area contributed by atoms with E-state index in [1.165, 1.54) is 153 Å². The summed E-state index contributed by atoms with van der Waals surface area (Å²) in [5.74, 6) is -3.91. The van der Waals surface area contributed by atoms with E-state index in [-0.39, 0.29) is 86.7 Å². The van der Waals surface area contributed by atoms with E-state index in [4.69, 9.17) is 53.0 Å². The monoisotopic (exact) mass is 1920 g/mol. The number of hydrogen-bond donors (Lipinski definition) is 12. The summed E-state index contributed by atoms with van der Waals surface area (Å²) < 4.78 is 203. The fraction of sp³-hybridized carbons (Fsp3) is 0.279.